The molecule has 5 nitrogen and oxygen atoms in total. The molecule has 0 spiro atoms. The predicted molar refractivity (Wildman–Crippen MR) is 67.0 cm³/mol. The lowest BCUT2D eigenvalue weighted by atomic mass is 10.1. The van der Waals surface area contributed by atoms with Crippen molar-refractivity contribution in [3.8, 4) is 0 Å². The van der Waals surface area contributed by atoms with Gasteiger partial charge in [0.15, 0.2) is 5.78 Å². The van der Waals surface area contributed by atoms with E-state index in [1.807, 2.05) is 0 Å². The minimum absolute atomic E-state index is 0.0438. The van der Waals surface area contributed by atoms with Crippen LogP contribution in [0.4, 0.5) is 0 Å². The SMILES string of the molecule is CCCn1nncc1C(=O)CCNC(C)(C)C. The Hall–Kier alpha value is -1.23. The maximum atomic E-state index is 11.9. The summed E-state index contributed by atoms with van der Waals surface area (Å²) < 4.78 is 1.68. The van der Waals surface area contributed by atoms with Crippen LogP contribution >= 0.6 is 0 Å². The minimum Gasteiger partial charge on any atom is -0.312 e. The van der Waals surface area contributed by atoms with Crippen LogP contribution in [0.5, 0.6) is 0 Å². The third-order valence-electron chi connectivity index (χ3n) is 2.35. The first-order valence-corrected chi connectivity index (χ1v) is 6.11. The molecule has 1 N–H and O–H groups in total. The summed E-state index contributed by atoms with van der Waals surface area (Å²) in [7, 11) is 0. The highest BCUT2D eigenvalue weighted by atomic mass is 16.1. The van der Waals surface area contributed by atoms with Gasteiger partial charge in [0.25, 0.3) is 0 Å². The molecule has 0 radical (unpaired) electrons. The molecular formula is C12H22N4O. The Morgan fingerprint density at radius 2 is 2.18 bits per heavy atom. The van der Waals surface area contributed by atoms with Gasteiger partial charge in [-0.1, -0.05) is 12.1 Å². The van der Waals surface area contributed by atoms with Crippen molar-refractivity contribution in [1.29, 1.82) is 0 Å². The number of ketones is 1. The molecule has 1 aromatic rings. The first-order chi connectivity index (χ1) is 7.94. The fraction of sp³-hybridized carbons (Fsp3) is 0.750. The number of Topliss-reactive ketones (excluding diaryl/α,β-unsaturated/α-hetero) is 1. The summed E-state index contributed by atoms with van der Waals surface area (Å²) in [6.07, 6.45) is 2.98. The average molecular weight is 238 g/mol. The third kappa shape index (κ3) is 4.65. The smallest absolute Gasteiger partial charge is 0.183 e. The highest BCUT2D eigenvalue weighted by Gasteiger charge is 2.14. The number of nitrogens with one attached hydrogen (secondary N) is 1. The molecule has 17 heavy (non-hydrogen) atoms. The number of hydrogen-bond donors (Lipinski definition) is 1. The van der Waals surface area contributed by atoms with E-state index in [1.165, 1.54) is 0 Å². The van der Waals surface area contributed by atoms with Gasteiger partial charge in [-0.05, 0) is 27.2 Å². The van der Waals surface area contributed by atoms with Crippen molar-refractivity contribution >= 4 is 5.78 Å². The number of carbonyl (C=O) groups excluding carboxylic acids is 1. The molecule has 0 bridgehead atoms. The monoisotopic (exact) mass is 238 g/mol. The number of nitrogens with zero attached hydrogens (tertiary/aromatic N) is 3. The van der Waals surface area contributed by atoms with Crippen LogP contribution in [0.1, 0.15) is 51.0 Å². The van der Waals surface area contributed by atoms with Crippen LogP contribution < -0.4 is 5.32 Å². The maximum Gasteiger partial charge on any atom is 0.183 e. The molecule has 0 aliphatic heterocycles. The zero-order valence-corrected chi connectivity index (χ0v) is 11.2. The Kier molecular flexibility index (Phi) is 4.81. The molecule has 0 aromatic carbocycles. The Morgan fingerprint density at radius 3 is 2.76 bits per heavy atom. The molecule has 5 heteroatoms. The number of aromatic nitrogens is 3. The van der Waals surface area contributed by atoms with Crippen LogP contribution in [0, 0.1) is 0 Å². The van der Waals surface area contributed by atoms with Crippen molar-refractivity contribution < 1.29 is 4.79 Å². The van der Waals surface area contributed by atoms with Crippen molar-refractivity contribution in [2.75, 3.05) is 6.54 Å². The van der Waals surface area contributed by atoms with Gasteiger partial charge in [-0.2, -0.15) is 0 Å². The quantitative estimate of drug-likeness (QED) is 0.766. The Balaban J connectivity index is 2.49. The molecule has 0 saturated carbocycles. The fourth-order valence-electron chi connectivity index (χ4n) is 1.53. The van der Waals surface area contributed by atoms with Gasteiger partial charge in [0.1, 0.15) is 5.69 Å². The van der Waals surface area contributed by atoms with Gasteiger partial charge < -0.3 is 5.32 Å². The first-order valence-electron chi connectivity index (χ1n) is 6.11. The molecule has 1 heterocycles. The Labute approximate surface area is 103 Å². The van der Waals surface area contributed by atoms with Gasteiger partial charge in [0, 0.05) is 25.0 Å². The normalized spacial score (nSPS) is 11.8. The van der Waals surface area contributed by atoms with Crippen LogP contribution in [0.25, 0.3) is 0 Å². The number of hydrogen-bond acceptors (Lipinski definition) is 4. The lowest BCUT2D eigenvalue weighted by molar-refractivity contribution is 0.0970. The summed E-state index contributed by atoms with van der Waals surface area (Å²) in [5.41, 5.74) is 0.657. The van der Waals surface area contributed by atoms with Crippen LogP contribution in [0.3, 0.4) is 0 Å². The largest absolute Gasteiger partial charge is 0.312 e. The highest BCUT2D eigenvalue weighted by Crippen LogP contribution is 2.04. The number of carbonyl (C=O) groups is 1. The second-order valence-corrected chi connectivity index (χ2v) is 5.19. The average Bonchev–Trinajstić information content (AvgIpc) is 2.64. The van der Waals surface area contributed by atoms with E-state index in [2.05, 4.69) is 43.3 Å². The molecule has 0 fully saturated rings. The number of rotatable bonds is 6. The minimum atomic E-state index is 0.0438. The van der Waals surface area contributed by atoms with Crippen LogP contribution in [-0.2, 0) is 6.54 Å². The standard InChI is InChI=1S/C12H22N4O/c1-5-8-16-10(9-14-15-16)11(17)6-7-13-12(2,3)4/h9,13H,5-8H2,1-4H3. The molecule has 0 saturated heterocycles. The van der Waals surface area contributed by atoms with E-state index < -0.39 is 0 Å². The van der Waals surface area contributed by atoms with E-state index in [4.69, 9.17) is 0 Å². The molecule has 0 atom stereocenters. The molecule has 96 valence electrons. The molecule has 1 aromatic heterocycles. The van der Waals surface area contributed by atoms with E-state index >= 15 is 0 Å². The van der Waals surface area contributed by atoms with Crippen molar-refractivity contribution in [2.45, 2.75) is 52.6 Å². The third-order valence-corrected chi connectivity index (χ3v) is 2.35. The van der Waals surface area contributed by atoms with Gasteiger partial charge in [0.2, 0.25) is 0 Å². The molecule has 0 amide bonds. The van der Waals surface area contributed by atoms with E-state index in [0.29, 0.717) is 18.7 Å². The molecular weight excluding hydrogens is 216 g/mol. The van der Waals surface area contributed by atoms with Gasteiger partial charge >= 0.3 is 0 Å². The van der Waals surface area contributed by atoms with Gasteiger partial charge in [0.05, 0.1) is 6.20 Å². The lowest BCUT2D eigenvalue weighted by Gasteiger charge is -2.20. The molecule has 0 aliphatic rings. The molecule has 0 unspecified atom stereocenters. The van der Waals surface area contributed by atoms with E-state index in [-0.39, 0.29) is 11.3 Å². The number of aryl methyl sites for hydroxylation is 1. The van der Waals surface area contributed by atoms with Gasteiger partial charge in [-0.25, -0.2) is 4.68 Å². The molecule has 0 aliphatic carbocycles. The van der Waals surface area contributed by atoms with Crippen LogP contribution in [-0.4, -0.2) is 32.9 Å². The summed E-state index contributed by atoms with van der Waals surface area (Å²) in [5, 5.41) is 11.0. The molecule has 1 rings (SSSR count). The lowest BCUT2D eigenvalue weighted by Crippen LogP contribution is -2.37. The van der Waals surface area contributed by atoms with Crippen molar-refractivity contribution in [3.05, 3.63) is 11.9 Å². The topological polar surface area (TPSA) is 59.8 Å². The van der Waals surface area contributed by atoms with Crippen LogP contribution in [0.15, 0.2) is 6.20 Å². The summed E-state index contributed by atoms with van der Waals surface area (Å²) in [5.74, 6) is 0.0974. The second kappa shape index (κ2) is 5.91. The van der Waals surface area contributed by atoms with E-state index in [0.717, 1.165) is 13.0 Å². The van der Waals surface area contributed by atoms with Gasteiger partial charge in [-0.15, -0.1) is 5.10 Å². The van der Waals surface area contributed by atoms with Crippen LogP contribution in [0.2, 0.25) is 0 Å². The maximum absolute atomic E-state index is 11.9. The second-order valence-electron chi connectivity index (χ2n) is 5.19. The zero-order chi connectivity index (χ0) is 12.9. The predicted octanol–water partition coefficient (Wildman–Crippen LogP) is 1.65. The fourth-order valence-corrected chi connectivity index (χ4v) is 1.53. The van der Waals surface area contributed by atoms with Gasteiger partial charge in [-0.3, -0.25) is 4.79 Å². The Bertz CT molecular complexity index is 365. The Morgan fingerprint density at radius 1 is 1.47 bits per heavy atom. The van der Waals surface area contributed by atoms with E-state index in [1.54, 1.807) is 10.9 Å². The van der Waals surface area contributed by atoms with Crippen molar-refractivity contribution in [3.63, 3.8) is 0 Å². The van der Waals surface area contributed by atoms with Crippen molar-refractivity contribution in [1.82, 2.24) is 20.3 Å². The summed E-state index contributed by atoms with van der Waals surface area (Å²) in [4.78, 5) is 11.9. The first kappa shape index (κ1) is 13.8. The highest BCUT2D eigenvalue weighted by molar-refractivity contribution is 5.94. The summed E-state index contributed by atoms with van der Waals surface area (Å²) in [6.45, 7) is 9.73. The summed E-state index contributed by atoms with van der Waals surface area (Å²) >= 11 is 0. The van der Waals surface area contributed by atoms with E-state index in [9.17, 15) is 4.79 Å². The van der Waals surface area contributed by atoms with Crippen molar-refractivity contribution in [2.24, 2.45) is 0 Å². The zero-order valence-electron chi connectivity index (χ0n) is 11.2. The summed E-state index contributed by atoms with van der Waals surface area (Å²) in [6, 6.07) is 0.